The third-order valence-electron chi connectivity index (χ3n) is 2.63. The Morgan fingerprint density at radius 3 is 2.79 bits per heavy atom. The fraction of sp³-hybridized carbons (Fsp3) is 0.286. The van der Waals surface area contributed by atoms with Gasteiger partial charge in [0, 0.05) is 3.57 Å². The van der Waals surface area contributed by atoms with Gasteiger partial charge in [0.25, 0.3) is 5.91 Å². The van der Waals surface area contributed by atoms with Crippen LogP contribution in [0.4, 0.5) is 0 Å². The maximum absolute atomic E-state index is 12.1. The lowest BCUT2D eigenvalue weighted by Crippen LogP contribution is -2.41. The van der Waals surface area contributed by atoms with E-state index in [0.717, 1.165) is 9.13 Å². The van der Waals surface area contributed by atoms with Crippen LogP contribution in [0.15, 0.2) is 30.9 Å². The van der Waals surface area contributed by atoms with Crippen LogP contribution in [-0.2, 0) is 4.79 Å². The zero-order valence-corrected chi connectivity index (χ0v) is 12.8. The number of benzene rings is 1. The number of amides is 1. The number of aryl methyl sites for hydroxylation is 1. The summed E-state index contributed by atoms with van der Waals surface area (Å²) in [6, 6.07) is 4.61. The molecule has 1 aromatic carbocycles. The van der Waals surface area contributed by atoms with Gasteiger partial charge in [-0.15, -0.1) is 6.58 Å². The van der Waals surface area contributed by atoms with Crippen molar-refractivity contribution < 1.29 is 14.7 Å². The lowest BCUT2D eigenvalue weighted by molar-refractivity contribution is -0.139. The van der Waals surface area contributed by atoms with Crippen LogP contribution in [0.1, 0.15) is 28.8 Å². The topological polar surface area (TPSA) is 66.4 Å². The number of rotatable bonds is 6. The van der Waals surface area contributed by atoms with Crippen molar-refractivity contribution in [3.8, 4) is 0 Å². The molecule has 1 aromatic rings. The molecule has 1 amide bonds. The molecular weight excluding hydrogens is 357 g/mol. The van der Waals surface area contributed by atoms with E-state index >= 15 is 0 Å². The van der Waals surface area contributed by atoms with Crippen LogP contribution in [0.5, 0.6) is 0 Å². The van der Waals surface area contributed by atoms with Gasteiger partial charge in [-0.05, 0) is 54.5 Å². The molecule has 0 fully saturated rings. The molecule has 4 nitrogen and oxygen atoms in total. The molecule has 0 aliphatic heterocycles. The van der Waals surface area contributed by atoms with Crippen molar-refractivity contribution in [3.05, 3.63) is 45.6 Å². The Morgan fingerprint density at radius 1 is 1.53 bits per heavy atom. The fourth-order valence-corrected chi connectivity index (χ4v) is 2.17. The molecule has 0 bridgehead atoms. The van der Waals surface area contributed by atoms with Gasteiger partial charge in [0.2, 0.25) is 0 Å². The summed E-state index contributed by atoms with van der Waals surface area (Å²) in [6.07, 6.45) is 2.52. The molecule has 0 heterocycles. The minimum absolute atomic E-state index is 0.340. The summed E-state index contributed by atoms with van der Waals surface area (Å²) >= 11 is 2.06. The summed E-state index contributed by atoms with van der Waals surface area (Å²) < 4.78 is 0.800. The molecule has 0 saturated carbocycles. The largest absolute Gasteiger partial charge is 0.480 e. The number of hydrogen-bond donors (Lipinski definition) is 2. The maximum atomic E-state index is 12.1. The number of halogens is 1. The fourth-order valence-electron chi connectivity index (χ4n) is 1.59. The SMILES string of the molecule is C=CCCC(NC(=O)c1cc(C)ccc1I)C(=O)O. The van der Waals surface area contributed by atoms with Crippen LogP contribution in [0.2, 0.25) is 0 Å². The Kier molecular flexibility index (Phi) is 6.01. The summed E-state index contributed by atoms with van der Waals surface area (Å²) in [5, 5.41) is 11.6. The predicted molar refractivity (Wildman–Crippen MR) is 82.2 cm³/mol. The van der Waals surface area contributed by atoms with Gasteiger partial charge in [-0.3, -0.25) is 4.79 Å². The second-order valence-corrected chi connectivity index (χ2v) is 5.38. The van der Waals surface area contributed by atoms with Crippen LogP contribution in [0, 0.1) is 10.5 Å². The van der Waals surface area contributed by atoms with Crippen LogP contribution in [-0.4, -0.2) is 23.0 Å². The number of carbonyl (C=O) groups is 2. The third-order valence-corrected chi connectivity index (χ3v) is 3.57. The summed E-state index contributed by atoms with van der Waals surface area (Å²) in [6.45, 7) is 5.44. The van der Waals surface area contributed by atoms with Gasteiger partial charge in [-0.2, -0.15) is 0 Å². The molecule has 5 heteroatoms. The van der Waals surface area contributed by atoms with E-state index < -0.39 is 12.0 Å². The minimum Gasteiger partial charge on any atom is -0.480 e. The Balaban J connectivity index is 2.84. The van der Waals surface area contributed by atoms with Crippen molar-refractivity contribution in [2.24, 2.45) is 0 Å². The van der Waals surface area contributed by atoms with E-state index in [0.29, 0.717) is 18.4 Å². The molecule has 102 valence electrons. The standard InChI is InChI=1S/C14H16INO3/c1-3-4-5-12(14(18)19)16-13(17)10-8-9(2)6-7-11(10)15/h3,6-8,12H,1,4-5H2,2H3,(H,16,17)(H,18,19). The van der Waals surface area contributed by atoms with Gasteiger partial charge in [0.15, 0.2) is 0 Å². The molecule has 0 aromatic heterocycles. The van der Waals surface area contributed by atoms with Crippen molar-refractivity contribution in [1.29, 1.82) is 0 Å². The van der Waals surface area contributed by atoms with Gasteiger partial charge in [0.05, 0.1) is 5.56 Å². The molecule has 2 N–H and O–H groups in total. The minimum atomic E-state index is -1.03. The summed E-state index contributed by atoms with van der Waals surface area (Å²) in [5.74, 6) is -1.39. The molecular formula is C14H16INO3. The Hall–Kier alpha value is -1.37. The average Bonchev–Trinajstić information content (AvgIpc) is 2.36. The van der Waals surface area contributed by atoms with E-state index in [1.165, 1.54) is 0 Å². The quantitative estimate of drug-likeness (QED) is 0.595. The molecule has 0 aliphatic carbocycles. The zero-order valence-electron chi connectivity index (χ0n) is 10.6. The second kappa shape index (κ2) is 7.28. The molecule has 19 heavy (non-hydrogen) atoms. The highest BCUT2D eigenvalue weighted by Crippen LogP contribution is 2.14. The molecule has 0 radical (unpaired) electrons. The molecule has 1 rings (SSSR count). The Morgan fingerprint density at radius 2 is 2.21 bits per heavy atom. The van der Waals surface area contributed by atoms with Gasteiger partial charge < -0.3 is 10.4 Å². The first-order valence-corrected chi connectivity index (χ1v) is 6.94. The van der Waals surface area contributed by atoms with Crippen LogP contribution >= 0.6 is 22.6 Å². The first kappa shape index (κ1) is 15.7. The van der Waals surface area contributed by atoms with E-state index in [4.69, 9.17) is 5.11 Å². The summed E-state index contributed by atoms with van der Waals surface area (Å²) in [4.78, 5) is 23.2. The van der Waals surface area contributed by atoms with Crippen molar-refractivity contribution in [2.75, 3.05) is 0 Å². The average molecular weight is 373 g/mol. The first-order valence-electron chi connectivity index (χ1n) is 5.86. The summed E-state index contributed by atoms with van der Waals surface area (Å²) in [5.41, 5.74) is 1.47. The van der Waals surface area contributed by atoms with Gasteiger partial charge in [-0.1, -0.05) is 17.7 Å². The summed E-state index contributed by atoms with van der Waals surface area (Å²) in [7, 11) is 0. The van der Waals surface area contributed by atoms with E-state index in [9.17, 15) is 9.59 Å². The molecule has 0 aliphatic rings. The zero-order chi connectivity index (χ0) is 14.4. The lowest BCUT2D eigenvalue weighted by Gasteiger charge is -2.14. The third kappa shape index (κ3) is 4.66. The highest BCUT2D eigenvalue weighted by atomic mass is 127. The van der Waals surface area contributed by atoms with Gasteiger partial charge in [0.1, 0.15) is 6.04 Å². The lowest BCUT2D eigenvalue weighted by atomic mass is 10.1. The van der Waals surface area contributed by atoms with Crippen molar-refractivity contribution in [2.45, 2.75) is 25.8 Å². The smallest absolute Gasteiger partial charge is 0.326 e. The number of allylic oxidation sites excluding steroid dienone is 1. The van der Waals surface area contributed by atoms with E-state index in [1.54, 1.807) is 12.1 Å². The van der Waals surface area contributed by atoms with Crippen LogP contribution in [0.3, 0.4) is 0 Å². The number of nitrogens with one attached hydrogen (secondary N) is 1. The number of carbonyl (C=O) groups excluding carboxylic acids is 1. The number of hydrogen-bond acceptors (Lipinski definition) is 2. The molecule has 0 spiro atoms. The molecule has 1 unspecified atom stereocenters. The van der Waals surface area contributed by atoms with E-state index in [2.05, 4.69) is 34.5 Å². The van der Waals surface area contributed by atoms with Gasteiger partial charge >= 0.3 is 5.97 Å². The predicted octanol–water partition coefficient (Wildman–Crippen LogP) is 2.75. The molecule has 1 atom stereocenters. The first-order chi connectivity index (χ1) is 8.95. The van der Waals surface area contributed by atoms with Crippen molar-refractivity contribution in [3.63, 3.8) is 0 Å². The number of carboxylic acids is 1. The van der Waals surface area contributed by atoms with Crippen LogP contribution in [0.25, 0.3) is 0 Å². The van der Waals surface area contributed by atoms with Crippen molar-refractivity contribution >= 4 is 34.5 Å². The van der Waals surface area contributed by atoms with E-state index in [1.807, 2.05) is 19.1 Å². The van der Waals surface area contributed by atoms with Crippen molar-refractivity contribution in [1.82, 2.24) is 5.32 Å². The highest BCUT2D eigenvalue weighted by molar-refractivity contribution is 14.1. The Labute approximate surface area is 126 Å². The highest BCUT2D eigenvalue weighted by Gasteiger charge is 2.20. The Bertz CT molecular complexity index is 499. The normalized spacial score (nSPS) is 11.7. The van der Waals surface area contributed by atoms with Crippen LogP contribution < -0.4 is 5.32 Å². The van der Waals surface area contributed by atoms with Gasteiger partial charge in [-0.25, -0.2) is 4.79 Å². The number of aliphatic carboxylic acids is 1. The van der Waals surface area contributed by atoms with E-state index in [-0.39, 0.29) is 5.91 Å². The second-order valence-electron chi connectivity index (χ2n) is 4.21. The molecule has 0 saturated heterocycles. The number of carboxylic acid groups (broad SMARTS) is 1. The monoisotopic (exact) mass is 373 g/mol. The maximum Gasteiger partial charge on any atom is 0.326 e.